The molecule has 0 radical (unpaired) electrons. The van der Waals surface area contributed by atoms with Crippen LogP contribution in [0.15, 0.2) is 39.2 Å². The summed E-state index contributed by atoms with van der Waals surface area (Å²) in [4.78, 5) is 13.0. The average Bonchev–Trinajstić information content (AvgIpc) is 2.95. The van der Waals surface area contributed by atoms with E-state index in [0.29, 0.717) is 0 Å². The number of hydrazone groups is 1. The van der Waals surface area contributed by atoms with E-state index in [4.69, 9.17) is 4.74 Å². The third kappa shape index (κ3) is 5.18. The minimum atomic E-state index is -0.271. The van der Waals surface area contributed by atoms with Crippen LogP contribution in [0.4, 0.5) is 0 Å². The molecule has 0 aliphatic heterocycles. The van der Waals surface area contributed by atoms with Gasteiger partial charge in [0.15, 0.2) is 6.61 Å². The summed E-state index contributed by atoms with van der Waals surface area (Å²) in [7, 11) is 0. The van der Waals surface area contributed by atoms with Crippen molar-refractivity contribution >= 4 is 38.9 Å². The number of thiophene rings is 1. The van der Waals surface area contributed by atoms with Gasteiger partial charge in [0.25, 0.3) is 5.91 Å². The second kappa shape index (κ2) is 8.26. The van der Waals surface area contributed by atoms with Gasteiger partial charge in [-0.05, 0) is 65.5 Å². The van der Waals surface area contributed by atoms with Gasteiger partial charge >= 0.3 is 0 Å². The number of carbonyl (C=O) groups excluding carboxylic acids is 1. The van der Waals surface area contributed by atoms with E-state index in [0.717, 1.165) is 37.7 Å². The number of ether oxygens (including phenoxy) is 1. The molecule has 1 amide bonds. The molecule has 0 unspecified atom stereocenters. The molecule has 6 heteroatoms. The maximum Gasteiger partial charge on any atom is 0.277 e. The van der Waals surface area contributed by atoms with Crippen molar-refractivity contribution < 1.29 is 9.53 Å². The lowest BCUT2D eigenvalue weighted by Gasteiger charge is -2.09. The van der Waals surface area contributed by atoms with Crippen molar-refractivity contribution in [2.45, 2.75) is 27.2 Å². The van der Waals surface area contributed by atoms with E-state index in [-0.39, 0.29) is 12.5 Å². The van der Waals surface area contributed by atoms with Gasteiger partial charge in [0.2, 0.25) is 0 Å². The van der Waals surface area contributed by atoms with Gasteiger partial charge in [-0.15, -0.1) is 11.3 Å². The summed E-state index contributed by atoms with van der Waals surface area (Å²) in [6, 6.07) is 9.86. The first-order chi connectivity index (χ1) is 11.0. The first kappa shape index (κ1) is 17.7. The number of nitrogens with one attached hydrogen (secondary N) is 1. The molecular formula is C17H19BrN2O2S. The van der Waals surface area contributed by atoms with E-state index >= 15 is 0 Å². The molecular weight excluding hydrogens is 376 g/mol. The van der Waals surface area contributed by atoms with Gasteiger partial charge in [0, 0.05) is 0 Å². The van der Waals surface area contributed by atoms with Crippen molar-refractivity contribution in [3.8, 4) is 5.75 Å². The Labute approximate surface area is 148 Å². The number of hydrogen-bond acceptors (Lipinski definition) is 4. The van der Waals surface area contributed by atoms with Crippen molar-refractivity contribution in [3.05, 3.63) is 50.1 Å². The Bertz CT molecular complexity index is 725. The van der Waals surface area contributed by atoms with Gasteiger partial charge in [-0.25, -0.2) is 5.43 Å². The first-order valence-corrected chi connectivity index (χ1v) is 8.91. The maximum absolute atomic E-state index is 11.9. The normalized spacial score (nSPS) is 11.4. The summed E-state index contributed by atoms with van der Waals surface area (Å²) in [6.07, 6.45) is 0.741. The Morgan fingerprint density at radius 1 is 1.30 bits per heavy atom. The van der Waals surface area contributed by atoms with E-state index in [9.17, 15) is 4.79 Å². The van der Waals surface area contributed by atoms with Crippen molar-refractivity contribution in [1.82, 2.24) is 5.43 Å². The number of carbonyl (C=O) groups is 1. The number of benzene rings is 1. The number of hydrogen-bond donors (Lipinski definition) is 1. The van der Waals surface area contributed by atoms with Crippen molar-refractivity contribution in [2.75, 3.05) is 6.61 Å². The van der Waals surface area contributed by atoms with Crippen LogP contribution in [0.3, 0.4) is 0 Å². The molecule has 23 heavy (non-hydrogen) atoms. The van der Waals surface area contributed by atoms with E-state index in [1.165, 1.54) is 0 Å². The van der Waals surface area contributed by atoms with Gasteiger partial charge in [-0.3, -0.25) is 4.79 Å². The van der Waals surface area contributed by atoms with Crippen LogP contribution in [0.1, 0.15) is 29.3 Å². The minimum Gasteiger partial charge on any atom is -0.483 e. The van der Waals surface area contributed by atoms with Crippen LogP contribution in [0.2, 0.25) is 0 Å². The Hall–Kier alpha value is -1.66. The third-order valence-electron chi connectivity index (χ3n) is 3.21. The molecule has 0 aliphatic carbocycles. The lowest BCUT2D eigenvalue weighted by Crippen LogP contribution is -2.26. The zero-order valence-electron chi connectivity index (χ0n) is 13.4. The first-order valence-electron chi connectivity index (χ1n) is 7.30. The number of amides is 1. The van der Waals surface area contributed by atoms with Gasteiger partial charge in [-0.1, -0.05) is 19.1 Å². The number of rotatable bonds is 6. The Morgan fingerprint density at radius 2 is 2.09 bits per heavy atom. The Morgan fingerprint density at radius 3 is 2.74 bits per heavy atom. The minimum absolute atomic E-state index is 0.0566. The van der Waals surface area contributed by atoms with Gasteiger partial charge in [0.05, 0.1) is 14.4 Å². The lowest BCUT2D eigenvalue weighted by atomic mass is 10.1. The quantitative estimate of drug-likeness (QED) is 0.581. The van der Waals surface area contributed by atoms with Crippen molar-refractivity contribution in [1.29, 1.82) is 0 Å². The average molecular weight is 395 g/mol. The van der Waals surface area contributed by atoms with Crippen molar-refractivity contribution in [2.24, 2.45) is 5.10 Å². The van der Waals surface area contributed by atoms with Crippen LogP contribution in [-0.4, -0.2) is 18.2 Å². The number of aryl methyl sites for hydroxylation is 2. The summed E-state index contributed by atoms with van der Waals surface area (Å²) in [6.45, 7) is 5.89. The third-order valence-corrected chi connectivity index (χ3v) is 4.88. The van der Waals surface area contributed by atoms with Crippen molar-refractivity contribution in [3.63, 3.8) is 0 Å². The zero-order valence-corrected chi connectivity index (χ0v) is 15.8. The van der Waals surface area contributed by atoms with E-state index in [1.807, 2.05) is 51.1 Å². The summed E-state index contributed by atoms with van der Waals surface area (Å²) < 4.78 is 6.61. The largest absolute Gasteiger partial charge is 0.483 e. The van der Waals surface area contributed by atoms with Gasteiger partial charge in [-0.2, -0.15) is 5.10 Å². The summed E-state index contributed by atoms with van der Waals surface area (Å²) >= 11 is 5.02. The molecule has 1 aromatic heterocycles. The molecule has 0 saturated carbocycles. The molecule has 0 saturated heterocycles. The molecule has 0 bridgehead atoms. The standard InChI is InChI=1S/C17H19BrN2O2S/c1-4-13(15-7-8-16(18)23-15)19-20-17(21)10-22-14-9-11(2)5-6-12(14)3/h5-9H,4,10H2,1-3H3,(H,20,21)/b19-13+. The Kier molecular flexibility index (Phi) is 6.36. The maximum atomic E-state index is 11.9. The highest BCUT2D eigenvalue weighted by Crippen LogP contribution is 2.23. The van der Waals surface area contributed by atoms with Crippen LogP contribution < -0.4 is 10.2 Å². The van der Waals surface area contributed by atoms with Gasteiger partial charge < -0.3 is 4.74 Å². The highest BCUT2D eigenvalue weighted by Gasteiger charge is 2.08. The van der Waals surface area contributed by atoms with Crippen LogP contribution in [0, 0.1) is 13.8 Å². The molecule has 1 N–H and O–H groups in total. The fraction of sp³-hybridized carbons (Fsp3) is 0.294. The Balaban J connectivity index is 1.93. The smallest absolute Gasteiger partial charge is 0.277 e. The van der Waals surface area contributed by atoms with E-state index in [1.54, 1.807) is 11.3 Å². The second-order valence-electron chi connectivity index (χ2n) is 5.11. The molecule has 0 fully saturated rings. The molecule has 1 aromatic carbocycles. The molecule has 122 valence electrons. The molecule has 1 heterocycles. The molecule has 0 aliphatic rings. The van der Waals surface area contributed by atoms with Crippen LogP contribution in [-0.2, 0) is 4.79 Å². The van der Waals surface area contributed by atoms with E-state index < -0.39 is 0 Å². The summed E-state index contributed by atoms with van der Waals surface area (Å²) in [5.74, 6) is 0.453. The second-order valence-corrected chi connectivity index (χ2v) is 7.57. The summed E-state index contributed by atoms with van der Waals surface area (Å²) in [5.41, 5.74) is 5.51. The highest BCUT2D eigenvalue weighted by atomic mass is 79.9. The van der Waals surface area contributed by atoms with Crippen LogP contribution >= 0.6 is 27.3 Å². The van der Waals surface area contributed by atoms with Gasteiger partial charge in [0.1, 0.15) is 5.75 Å². The van der Waals surface area contributed by atoms with Crippen LogP contribution in [0.25, 0.3) is 0 Å². The molecule has 4 nitrogen and oxygen atoms in total. The fourth-order valence-corrected chi connectivity index (χ4v) is 3.39. The predicted molar refractivity (Wildman–Crippen MR) is 98.4 cm³/mol. The van der Waals surface area contributed by atoms with E-state index in [2.05, 4.69) is 26.5 Å². The zero-order chi connectivity index (χ0) is 16.8. The summed E-state index contributed by atoms with van der Waals surface area (Å²) in [5, 5.41) is 4.20. The molecule has 2 rings (SSSR count). The highest BCUT2D eigenvalue weighted by molar-refractivity contribution is 9.11. The topological polar surface area (TPSA) is 50.7 Å². The SMILES string of the molecule is CC/C(=N\NC(=O)COc1cc(C)ccc1C)c1ccc(Br)s1. The van der Waals surface area contributed by atoms with Crippen LogP contribution in [0.5, 0.6) is 5.75 Å². The number of nitrogens with zero attached hydrogens (tertiary/aromatic N) is 1. The predicted octanol–water partition coefficient (Wildman–Crippen LogP) is 4.44. The molecule has 2 aromatic rings. The fourth-order valence-electron chi connectivity index (χ4n) is 1.95. The molecule has 0 atom stereocenters. The molecule has 0 spiro atoms. The number of halogens is 1. The monoisotopic (exact) mass is 394 g/mol. The lowest BCUT2D eigenvalue weighted by molar-refractivity contribution is -0.123.